The van der Waals surface area contributed by atoms with E-state index in [1.807, 2.05) is 12.1 Å². The molecule has 0 spiro atoms. The summed E-state index contributed by atoms with van der Waals surface area (Å²) in [6.07, 6.45) is 8.95. The van der Waals surface area contributed by atoms with E-state index < -0.39 is 0 Å². The minimum atomic E-state index is 0.501. The molecule has 0 bridgehead atoms. The fraction of sp³-hybridized carbons (Fsp3) is 0.471. The van der Waals surface area contributed by atoms with Crippen molar-refractivity contribution in [2.75, 3.05) is 5.73 Å². The van der Waals surface area contributed by atoms with Crippen molar-refractivity contribution in [3.05, 3.63) is 34.5 Å². The lowest BCUT2D eigenvalue weighted by atomic mass is 9.92. The van der Waals surface area contributed by atoms with E-state index >= 15 is 0 Å². The molecule has 0 radical (unpaired) electrons. The van der Waals surface area contributed by atoms with Crippen LogP contribution >= 0.6 is 15.9 Å². The van der Waals surface area contributed by atoms with E-state index in [0.717, 1.165) is 27.8 Å². The fourth-order valence-electron chi connectivity index (χ4n) is 3.23. The average Bonchev–Trinajstić information content (AvgIpc) is 2.69. The molecule has 1 aliphatic carbocycles. The molecule has 3 rings (SSSR count). The highest BCUT2D eigenvalue weighted by Crippen LogP contribution is 2.34. The maximum absolute atomic E-state index is 6.03. The Hall–Kier alpha value is -1.29. The number of nitrogen functional groups attached to an aromatic ring is 1. The summed E-state index contributed by atoms with van der Waals surface area (Å²) in [5.41, 5.74) is 8.09. The van der Waals surface area contributed by atoms with Crippen molar-refractivity contribution in [2.24, 2.45) is 5.92 Å². The Morgan fingerprint density at radius 2 is 1.76 bits per heavy atom. The smallest absolute Gasteiger partial charge is 0.175 e. The largest absolute Gasteiger partial charge is 0.380 e. The number of hydrogen-bond acceptors (Lipinski definition) is 3. The molecule has 0 amide bonds. The molecule has 2 aromatic rings. The van der Waals surface area contributed by atoms with Gasteiger partial charge in [0.2, 0.25) is 0 Å². The normalized spacial score (nSPS) is 16.8. The van der Waals surface area contributed by atoms with E-state index in [0.29, 0.717) is 11.7 Å². The minimum absolute atomic E-state index is 0.501. The minimum Gasteiger partial charge on any atom is -0.380 e. The second-order valence-corrected chi connectivity index (χ2v) is 6.85. The molecular weight excluding hydrogens is 328 g/mol. The SMILES string of the molecule is Nc1noc(CC2CCCCCC2)c1-c1ccc(Br)cc1. The second-order valence-electron chi connectivity index (χ2n) is 5.93. The fourth-order valence-corrected chi connectivity index (χ4v) is 3.50. The molecule has 0 aliphatic heterocycles. The standard InChI is InChI=1S/C17H21BrN2O/c18-14-9-7-13(8-10-14)16-15(21-20-17(16)19)11-12-5-3-1-2-4-6-12/h7-10,12H,1-6,11H2,(H2,19,20). The number of anilines is 1. The molecule has 0 unspecified atom stereocenters. The third kappa shape index (κ3) is 3.49. The zero-order chi connectivity index (χ0) is 14.7. The zero-order valence-electron chi connectivity index (χ0n) is 12.1. The summed E-state index contributed by atoms with van der Waals surface area (Å²) in [6, 6.07) is 8.17. The first kappa shape index (κ1) is 14.6. The third-order valence-electron chi connectivity index (χ3n) is 4.37. The summed E-state index contributed by atoms with van der Waals surface area (Å²) in [5.74, 6) is 2.15. The van der Waals surface area contributed by atoms with E-state index in [-0.39, 0.29) is 0 Å². The van der Waals surface area contributed by atoms with Crippen molar-refractivity contribution in [1.29, 1.82) is 0 Å². The van der Waals surface area contributed by atoms with E-state index in [9.17, 15) is 0 Å². The molecule has 2 N–H and O–H groups in total. The Morgan fingerprint density at radius 1 is 1.10 bits per heavy atom. The van der Waals surface area contributed by atoms with Gasteiger partial charge in [0.1, 0.15) is 5.76 Å². The summed E-state index contributed by atoms with van der Waals surface area (Å²) in [4.78, 5) is 0. The Labute approximate surface area is 134 Å². The number of nitrogens with zero attached hydrogens (tertiary/aromatic N) is 1. The van der Waals surface area contributed by atoms with Gasteiger partial charge in [0.25, 0.3) is 0 Å². The van der Waals surface area contributed by atoms with Gasteiger partial charge in [0.15, 0.2) is 5.82 Å². The van der Waals surface area contributed by atoms with Crippen molar-refractivity contribution in [1.82, 2.24) is 5.16 Å². The van der Waals surface area contributed by atoms with Crippen LogP contribution in [0, 0.1) is 5.92 Å². The lowest BCUT2D eigenvalue weighted by Crippen LogP contribution is -2.03. The molecule has 4 heteroatoms. The van der Waals surface area contributed by atoms with Gasteiger partial charge >= 0.3 is 0 Å². The van der Waals surface area contributed by atoms with Crippen molar-refractivity contribution >= 4 is 21.7 Å². The molecule has 21 heavy (non-hydrogen) atoms. The van der Waals surface area contributed by atoms with Crippen LogP contribution in [0.5, 0.6) is 0 Å². The van der Waals surface area contributed by atoms with Crippen molar-refractivity contribution in [3.8, 4) is 11.1 Å². The van der Waals surface area contributed by atoms with Crippen molar-refractivity contribution in [3.63, 3.8) is 0 Å². The predicted molar refractivity (Wildman–Crippen MR) is 88.9 cm³/mol. The number of benzene rings is 1. The quantitative estimate of drug-likeness (QED) is 0.775. The zero-order valence-corrected chi connectivity index (χ0v) is 13.7. The van der Waals surface area contributed by atoms with Gasteiger partial charge in [-0.3, -0.25) is 0 Å². The first-order chi connectivity index (χ1) is 10.2. The lowest BCUT2D eigenvalue weighted by Gasteiger charge is -2.12. The Bertz CT molecular complexity index is 583. The van der Waals surface area contributed by atoms with E-state index in [2.05, 4.69) is 33.2 Å². The van der Waals surface area contributed by atoms with Gasteiger partial charge in [0.05, 0.1) is 5.56 Å². The van der Waals surface area contributed by atoms with Gasteiger partial charge in [-0.2, -0.15) is 0 Å². The van der Waals surface area contributed by atoms with Crippen LogP contribution in [0.3, 0.4) is 0 Å². The number of hydrogen-bond donors (Lipinski definition) is 1. The highest BCUT2D eigenvalue weighted by molar-refractivity contribution is 9.10. The molecule has 1 aromatic carbocycles. The molecule has 1 aromatic heterocycles. The Morgan fingerprint density at radius 3 is 2.43 bits per heavy atom. The molecule has 1 fully saturated rings. The van der Waals surface area contributed by atoms with Gasteiger partial charge in [0, 0.05) is 10.9 Å². The van der Waals surface area contributed by atoms with Crippen molar-refractivity contribution in [2.45, 2.75) is 44.9 Å². The van der Waals surface area contributed by atoms with Crippen LogP contribution in [0.15, 0.2) is 33.3 Å². The van der Waals surface area contributed by atoms with Gasteiger partial charge < -0.3 is 10.3 Å². The molecule has 112 valence electrons. The molecule has 1 aliphatic rings. The maximum atomic E-state index is 6.03. The molecule has 1 heterocycles. The number of nitrogens with two attached hydrogens (primary N) is 1. The van der Waals surface area contributed by atoms with Crippen LogP contribution in [0.1, 0.15) is 44.3 Å². The topological polar surface area (TPSA) is 52.0 Å². The molecule has 1 saturated carbocycles. The van der Waals surface area contributed by atoms with Gasteiger partial charge in [-0.1, -0.05) is 71.7 Å². The lowest BCUT2D eigenvalue weighted by molar-refractivity contribution is 0.347. The van der Waals surface area contributed by atoms with Crippen LogP contribution in [0.4, 0.5) is 5.82 Å². The summed E-state index contributed by atoms with van der Waals surface area (Å²) < 4.78 is 6.60. The Balaban J connectivity index is 1.84. The Kier molecular flexibility index (Phi) is 4.63. The average molecular weight is 349 g/mol. The third-order valence-corrected chi connectivity index (χ3v) is 4.90. The van der Waals surface area contributed by atoms with E-state index in [4.69, 9.17) is 10.3 Å². The summed E-state index contributed by atoms with van der Waals surface area (Å²) in [5, 5.41) is 4.00. The summed E-state index contributed by atoms with van der Waals surface area (Å²) in [6.45, 7) is 0. The number of halogens is 1. The van der Waals surface area contributed by atoms with E-state index in [1.165, 1.54) is 38.5 Å². The van der Waals surface area contributed by atoms with Crippen LogP contribution < -0.4 is 5.73 Å². The van der Waals surface area contributed by atoms with Crippen LogP contribution in [-0.2, 0) is 6.42 Å². The van der Waals surface area contributed by atoms with Crippen LogP contribution in [0.2, 0.25) is 0 Å². The van der Waals surface area contributed by atoms with E-state index in [1.54, 1.807) is 0 Å². The molecule has 0 atom stereocenters. The molecule has 0 saturated heterocycles. The van der Waals surface area contributed by atoms with Crippen molar-refractivity contribution < 1.29 is 4.52 Å². The highest BCUT2D eigenvalue weighted by Gasteiger charge is 2.21. The van der Waals surface area contributed by atoms with Gasteiger partial charge in [-0.25, -0.2) is 0 Å². The summed E-state index contributed by atoms with van der Waals surface area (Å²) >= 11 is 3.46. The van der Waals surface area contributed by atoms with Gasteiger partial charge in [-0.15, -0.1) is 0 Å². The number of aromatic nitrogens is 1. The number of rotatable bonds is 3. The first-order valence-electron chi connectivity index (χ1n) is 7.74. The summed E-state index contributed by atoms with van der Waals surface area (Å²) in [7, 11) is 0. The second kappa shape index (κ2) is 6.65. The van der Waals surface area contributed by atoms with Gasteiger partial charge in [-0.05, 0) is 23.6 Å². The monoisotopic (exact) mass is 348 g/mol. The highest BCUT2D eigenvalue weighted by atomic mass is 79.9. The van der Waals surface area contributed by atoms with Crippen LogP contribution in [0.25, 0.3) is 11.1 Å². The first-order valence-corrected chi connectivity index (χ1v) is 8.53. The maximum Gasteiger partial charge on any atom is 0.175 e. The molecule has 3 nitrogen and oxygen atoms in total. The predicted octanol–water partition coefficient (Wildman–Crippen LogP) is 5.20. The van der Waals surface area contributed by atoms with Crippen LogP contribution in [-0.4, -0.2) is 5.16 Å². The molecular formula is C17H21BrN2O.